The highest BCUT2D eigenvalue weighted by molar-refractivity contribution is 5.80. The summed E-state index contributed by atoms with van der Waals surface area (Å²) in [6, 6.07) is 10.6. The van der Waals surface area contributed by atoms with E-state index in [0.29, 0.717) is 11.3 Å². The predicted molar refractivity (Wildman–Crippen MR) is 86.2 cm³/mol. The van der Waals surface area contributed by atoms with Gasteiger partial charge in [0.15, 0.2) is 5.96 Å². The Balaban J connectivity index is 1.89. The highest BCUT2D eigenvalue weighted by atomic mass is 15.3. The van der Waals surface area contributed by atoms with Gasteiger partial charge in [-0.1, -0.05) is 51.1 Å². The molecule has 0 aromatic heterocycles. The molecule has 0 radical (unpaired) electrons. The first kappa shape index (κ1) is 14.9. The molecule has 1 unspecified atom stereocenters. The first-order chi connectivity index (χ1) is 9.52. The number of hydrogen-bond donors (Lipinski definition) is 1. The van der Waals surface area contributed by atoms with Crippen LogP contribution in [-0.2, 0) is 0 Å². The Bertz CT molecular complexity index is 451. The zero-order valence-corrected chi connectivity index (χ0v) is 13.2. The van der Waals surface area contributed by atoms with Crippen LogP contribution in [-0.4, -0.2) is 37.5 Å². The van der Waals surface area contributed by atoms with Crippen LogP contribution in [0.4, 0.5) is 0 Å². The lowest BCUT2D eigenvalue weighted by Crippen LogP contribution is -2.42. The summed E-state index contributed by atoms with van der Waals surface area (Å²) in [4.78, 5) is 6.81. The third kappa shape index (κ3) is 3.75. The second kappa shape index (κ2) is 6.29. The number of aliphatic imine (C=N–C) groups is 1. The largest absolute Gasteiger partial charge is 0.356 e. The van der Waals surface area contributed by atoms with E-state index in [9.17, 15) is 0 Å². The SMILES string of the molecule is CN=C(NCC(C)c1ccccc1)N1CCC(C)(C)C1. The Hall–Kier alpha value is -1.51. The van der Waals surface area contributed by atoms with Crippen molar-refractivity contribution in [3.05, 3.63) is 35.9 Å². The third-order valence-electron chi connectivity index (χ3n) is 4.12. The molecule has 0 aliphatic carbocycles. The van der Waals surface area contributed by atoms with Gasteiger partial charge in [0, 0.05) is 26.7 Å². The van der Waals surface area contributed by atoms with Crippen molar-refractivity contribution >= 4 is 5.96 Å². The standard InChI is InChI=1S/C17H27N3/c1-14(15-8-6-5-7-9-15)12-19-16(18-4)20-11-10-17(2,3)13-20/h5-9,14H,10-13H2,1-4H3,(H,18,19). The highest BCUT2D eigenvalue weighted by Gasteiger charge is 2.30. The zero-order valence-electron chi connectivity index (χ0n) is 13.2. The van der Waals surface area contributed by atoms with E-state index in [4.69, 9.17) is 0 Å². The van der Waals surface area contributed by atoms with Crippen molar-refractivity contribution in [3.63, 3.8) is 0 Å². The summed E-state index contributed by atoms with van der Waals surface area (Å²) in [6.45, 7) is 10.0. The molecule has 1 N–H and O–H groups in total. The molecule has 3 heteroatoms. The predicted octanol–water partition coefficient (Wildman–Crippen LogP) is 3.10. The quantitative estimate of drug-likeness (QED) is 0.677. The van der Waals surface area contributed by atoms with E-state index in [-0.39, 0.29) is 0 Å². The Morgan fingerprint density at radius 2 is 2.05 bits per heavy atom. The molecule has 1 aliphatic rings. The maximum atomic E-state index is 4.43. The molecule has 1 aromatic carbocycles. The van der Waals surface area contributed by atoms with Crippen LogP contribution in [0.15, 0.2) is 35.3 Å². The third-order valence-corrected chi connectivity index (χ3v) is 4.12. The van der Waals surface area contributed by atoms with Gasteiger partial charge in [-0.25, -0.2) is 0 Å². The van der Waals surface area contributed by atoms with E-state index in [2.05, 4.69) is 66.3 Å². The van der Waals surface area contributed by atoms with Gasteiger partial charge in [0.2, 0.25) is 0 Å². The van der Waals surface area contributed by atoms with E-state index in [1.807, 2.05) is 7.05 Å². The van der Waals surface area contributed by atoms with Gasteiger partial charge in [-0.05, 0) is 23.3 Å². The highest BCUT2D eigenvalue weighted by Crippen LogP contribution is 2.28. The fourth-order valence-corrected chi connectivity index (χ4v) is 2.77. The molecule has 1 heterocycles. The normalized spacial score (nSPS) is 20.0. The molecule has 110 valence electrons. The molecule has 0 spiro atoms. The summed E-state index contributed by atoms with van der Waals surface area (Å²) in [7, 11) is 1.88. The van der Waals surface area contributed by atoms with Crippen LogP contribution in [0.2, 0.25) is 0 Å². The summed E-state index contributed by atoms with van der Waals surface area (Å²) in [6.07, 6.45) is 1.24. The lowest BCUT2D eigenvalue weighted by molar-refractivity contribution is 0.370. The van der Waals surface area contributed by atoms with E-state index in [0.717, 1.165) is 25.6 Å². The number of nitrogens with zero attached hydrogens (tertiary/aromatic N) is 2. The van der Waals surface area contributed by atoms with Crippen molar-refractivity contribution in [2.75, 3.05) is 26.7 Å². The van der Waals surface area contributed by atoms with Crippen molar-refractivity contribution in [1.82, 2.24) is 10.2 Å². The van der Waals surface area contributed by atoms with Crippen LogP contribution in [0.5, 0.6) is 0 Å². The number of benzene rings is 1. The van der Waals surface area contributed by atoms with Gasteiger partial charge < -0.3 is 10.2 Å². The Labute approximate surface area is 123 Å². The fraction of sp³-hybridized carbons (Fsp3) is 0.588. The Morgan fingerprint density at radius 1 is 1.35 bits per heavy atom. The van der Waals surface area contributed by atoms with Crippen LogP contribution >= 0.6 is 0 Å². The molecule has 0 amide bonds. The van der Waals surface area contributed by atoms with Crippen LogP contribution in [0.25, 0.3) is 0 Å². The molecule has 0 saturated carbocycles. The zero-order chi connectivity index (χ0) is 14.6. The summed E-state index contributed by atoms with van der Waals surface area (Å²) >= 11 is 0. The number of rotatable bonds is 3. The average molecular weight is 273 g/mol. The van der Waals surface area contributed by atoms with Gasteiger partial charge >= 0.3 is 0 Å². The summed E-state index contributed by atoms with van der Waals surface area (Å²) in [5.41, 5.74) is 1.78. The molecule has 3 nitrogen and oxygen atoms in total. The summed E-state index contributed by atoms with van der Waals surface area (Å²) in [5, 5.41) is 3.52. The van der Waals surface area contributed by atoms with E-state index in [1.165, 1.54) is 12.0 Å². The molecule has 2 rings (SSSR count). The van der Waals surface area contributed by atoms with Crippen molar-refractivity contribution in [2.45, 2.75) is 33.1 Å². The van der Waals surface area contributed by atoms with Crippen molar-refractivity contribution in [1.29, 1.82) is 0 Å². The smallest absolute Gasteiger partial charge is 0.193 e. The number of likely N-dealkylation sites (tertiary alicyclic amines) is 1. The molecule has 0 bridgehead atoms. The van der Waals surface area contributed by atoms with Crippen LogP contribution in [0.1, 0.15) is 38.7 Å². The van der Waals surface area contributed by atoms with Gasteiger partial charge in [0.25, 0.3) is 0 Å². The van der Waals surface area contributed by atoms with Gasteiger partial charge in [-0.2, -0.15) is 0 Å². The van der Waals surface area contributed by atoms with Gasteiger partial charge in [-0.15, -0.1) is 0 Å². The van der Waals surface area contributed by atoms with Crippen LogP contribution in [0, 0.1) is 5.41 Å². The molecule has 1 saturated heterocycles. The van der Waals surface area contributed by atoms with Crippen molar-refractivity contribution in [3.8, 4) is 0 Å². The topological polar surface area (TPSA) is 27.6 Å². The lowest BCUT2D eigenvalue weighted by Gasteiger charge is -2.25. The molecule has 1 aromatic rings. The second-order valence-corrected chi connectivity index (χ2v) is 6.58. The first-order valence-electron chi connectivity index (χ1n) is 7.52. The average Bonchev–Trinajstić information content (AvgIpc) is 2.80. The van der Waals surface area contributed by atoms with Gasteiger partial charge in [-0.3, -0.25) is 4.99 Å². The first-order valence-corrected chi connectivity index (χ1v) is 7.52. The molecule has 1 fully saturated rings. The van der Waals surface area contributed by atoms with Crippen molar-refractivity contribution < 1.29 is 0 Å². The minimum Gasteiger partial charge on any atom is -0.356 e. The second-order valence-electron chi connectivity index (χ2n) is 6.58. The Morgan fingerprint density at radius 3 is 2.60 bits per heavy atom. The Kier molecular flexibility index (Phi) is 4.69. The van der Waals surface area contributed by atoms with E-state index in [1.54, 1.807) is 0 Å². The van der Waals surface area contributed by atoms with Gasteiger partial charge in [0.1, 0.15) is 0 Å². The minimum atomic E-state index is 0.405. The van der Waals surface area contributed by atoms with E-state index >= 15 is 0 Å². The maximum absolute atomic E-state index is 4.43. The van der Waals surface area contributed by atoms with Crippen LogP contribution < -0.4 is 5.32 Å². The maximum Gasteiger partial charge on any atom is 0.193 e. The summed E-state index contributed by atoms with van der Waals surface area (Å²) < 4.78 is 0. The number of nitrogens with one attached hydrogen (secondary N) is 1. The summed E-state index contributed by atoms with van der Waals surface area (Å²) in [5.74, 6) is 1.53. The van der Waals surface area contributed by atoms with E-state index < -0.39 is 0 Å². The number of guanidine groups is 1. The molecule has 20 heavy (non-hydrogen) atoms. The van der Waals surface area contributed by atoms with Gasteiger partial charge in [0.05, 0.1) is 0 Å². The lowest BCUT2D eigenvalue weighted by atomic mass is 9.93. The monoisotopic (exact) mass is 273 g/mol. The minimum absolute atomic E-state index is 0.405. The molecule has 1 atom stereocenters. The van der Waals surface area contributed by atoms with Crippen LogP contribution in [0.3, 0.4) is 0 Å². The number of hydrogen-bond acceptors (Lipinski definition) is 1. The van der Waals surface area contributed by atoms with Crippen molar-refractivity contribution in [2.24, 2.45) is 10.4 Å². The molecule has 1 aliphatic heterocycles. The fourth-order valence-electron chi connectivity index (χ4n) is 2.77. The molecular formula is C17H27N3. The molecular weight excluding hydrogens is 246 g/mol.